The molecular weight excluding hydrogens is 481 g/mol. The molecule has 4 aromatic rings. The van der Waals surface area contributed by atoms with E-state index in [-0.39, 0.29) is 11.6 Å². The first-order valence-electron chi connectivity index (χ1n) is 12.2. The number of allylic oxidation sites excluding steroid dienone is 1. The molecule has 0 atom stereocenters. The van der Waals surface area contributed by atoms with Crippen molar-refractivity contribution in [1.82, 2.24) is 19.5 Å². The standard InChI is InChI=1S/C28H28FN9/c1-33-15-22(13-30)21-12-24(27-25(14-31)28(32)35-38(27)18-21)20-4-7-26(34-16-20)37-10-8-36(9-11-37)17-19-2-5-23(29)6-3-19/h2-7,12-13,15-16,18H,8-11,17,30H2,1H3,(H2,32,35). The van der Waals surface area contributed by atoms with Gasteiger partial charge in [-0.2, -0.15) is 5.26 Å². The first-order chi connectivity index (χ1) is 18.5. The van der Waals surface area contributed by atoms with E-state index >= 15 is 0 Å². The molecule has 4 N–H and O–H groups in total. The largest absolute Gasteiger partial charge is 0.404 e. The van der Waals surface area contributed by atoms with E-state index in [2.05, 4.69) is 26.0 Å². The van der Waals surface area contributed by atoms with E-state index in [1.807, 2.05) is 36.5 Å². The highest BCUT2D eigenvalue weighted by Crippen LogP contribution is 2.32. The van der Waals surface area contributed by atoms with Crippen LogP contribution in [0.15, 0.2) is 66.1 Å². The lowest BCUT2D eigenvalue weighted by atomic mass is 10.0. The zero-order valence-corrected chi connectivity index (χ0v) is 21.0. The van der Waals surface area contributed by atoms with Gasteiger partial charge in [0.05, 0.1) is 5.52 Å². The number of benzene rings is 1. The van der Waals surface area contributed by atoms with Gasteiger partial charge in [0.25, 0.3) is 0 Å². The highest BCUT2D eigenvalue weighted by Gasteiger charge is 2.20. The number of aromatic nitrogens is 3. The van der Waals surface area contributed by atoms with E-state index in [1.54, 1.807) is 24.0 Å². The van der Waals surface area contributed by atoms with Crippen LogP contribution in [0.1, 0.15) is 16.7 Å². The highest BCUT2D eigenvalue weighted by molar-refractivity contribution is 6.10. The van der Waals surface area contributed by atoms with Gasteiger partial charge in [0.1, 0.15) is 23.3 Å². The molecule has 1 aliphatic rings. The smallest absolute Gasteiger partial charge is 0.164 e. The number of fused-ring (bicyclic) bond motifs is 1. The van der Waals surface area contributed by atoms with Crippen LogP contribution < -0.4 is 16.4 Å². The maximum absolute atomic E-state index is 13.2. The summed E-state index contributed by atoms with van der Waals surface area (Å²) in [7, 11) is 1.67. The number of anilines is 2. The fraction of sp³-hybridized carbons (Fsp3) is 0.214. The van der Waals surface area contributed by atoms with Crippen LogP contribution in [-0.4, -0.2) is 58.9 Å². The minimum atomic E-state index is -0.216. The molecule has 0 spiro atoms. The number of nitriles is 1. The van der Waals surface area contributed by atoms with Crippen LogP contribution in [0.2, 0.25) is 0 Å². The predicted molar refractivity (Wildman–Crippen MR) is 148 cm³/mol. The number of nitrogens with zero attached hydrogens (tertiary/aromatic N) is 7. The second kappa shape index (κ2) is 10.7. The Morgan fingerprint density at radius 2 is 1.92 bits per heavy atom. The molecule has 10 heteroatoms. The van der Waals surface area contributed by atoms with E-state index in [9.17, 15) is 9.65 Å². The minimum Gasteiger partial charge on any atom is -0.404 e. The van der Waals surface area contributed by atoms with E-state index in [4.69, 9.17) is 16.5 Å². The number of nitrogen functional groups attached to an aromatic ring is 1. The molecule has 0 radical (unpaired) electrons. The molecule has 0 bridgehead atoms. The predicted octanol–water partition coefficient (Wildman–Crippen LogP) is 3.31. The Labute approximate surface area is 220 Å². The summed E-state index contributed by atoms with van der Waals surface area (Å²) in [5, 5.41) is 14.1. The second-order valence-corrected chi connectivity index (χ2v) is 9.11. The topological polar surface area (TPSA) is 125 Å². The average molecular weight is 510 g/mol. The van der Waals surface area contributed by atoms with Crippen LogP contribution in [-0.2, 0) is 6.54 Å². The Hall–Kier alpha value is -4.75. The fourth-order valence-corrected chi connectivity index (χ4v) is 4.75. The van der Waals surface area contributed by atoms with Crippen LogP contribution in [0.4, 0.5) is 16.0 Å². The molecule has 1 saturated heterocycles. The summed E-state index contributed by atoms with van der Waals surface area (Å²) in [6.07, 6.45) is 6.74. The number of hydrogen-bond acceptors (Lipinski definition) is 8. The van der Waals surface area contributed by atoms with E-state index < -0.39 is 0 Å². The van der Waals surface area contributed by atoms with Gasteiger partial charge >= 0.3 is 0 Å². The van der Waals surface area contributed by atoms with Crippen molar-refractivity contribution in [3.05, 3.63) is 83.6 Å². The van der Waals surface area contributed by atoms with Gasteiger partial charge in [-0.25, -0.2) is 13.9 Å². The Morgan fingerprint density at radius 3 is 2.55 bits per heavy atom. The van der Waals surface area contributed by atoms with Crippen molar-refractivity contribution in [1.29, 1.82) is 5.26 Å². The molecule has 0 unspecified atom stereocenters. The van der Waals surface area contributed by atoms with Gasteiger partial charge < -0.3 is 16.4 Å². The minimum absolute atomic E-state index is 0.163. The summed E-state index contributed by atoms with van der Waals surface area (Å²) >= 11 is 0. The van der Waals surface area contributed by atoms with E-state index in [1.165, 1.54) is 18.3 Å². The molecule has 0 aliphatic carbocycles. The van der Waals surface area contributed by atoms with Crippen LogP contribution >= 0.6 is 0 Å². The number of piperazine rings is 1. The van der Waals surface area contributed by atoms with Crippen molar-refractivity contribution in [2.75, 3.05) is 43.9 Å². The van der Waals surface area contributed by atoms with E-state index in [0.717, 1.165) is 60.8 Å². The third kappa shape index (κ3) is 4.92. The van der Waals surface area contributed by atoms with Crippen molar-refractivity contribution >= 4 is 28.9 Å². The van der Waals surface area contributed by atoms with Crippen molar-refractivity contribution < 1.29 is 4.39 Å². The van der Waals surface area contributed by atoms with Crippen molar-refractivity contribution in [3.63, 3.8) is 0 Å². The lowest BCUT2D eigenvalue weighted by Gasteiger charge is -2.35. The number of nitrogens with two attached hydrogens (primary N) is 2. The van der Waals surface area contributed by atoms with Gasteiger partial charge in [-0.1, -0.05) is 12.1 Å². The van der Waals surface area contributed by atoms with Gasteiger partial charge in [-0.3, -0.25) is 9.89 Å². The van der Waals surface area contributed by atoms with Crippen molar-refractivity contribution in [2.24, 2.45) is 10.7 Å². The average Bonchev–Trinajstić information content (AvgIpc) is 3.27. The van der Waals surface area contributed by atoms with Crippen LogP contribution in [0.3, 0.4) is 0 Å². The molecule has 0 amide bonds. The summed E-state index contributed by atoms with van der Waals surface area (Å²) in [6.45, 7) is 4.25. The second-order valence-electron chi connectivity index (χ2n) is 9.11. The molecule has 5 rings (SSSR count). The summed E-state index contributed by atoms with van der Waals surface area (Å²) < 4.78 is 14.8. The monoisotopic (exact) mass is 509 g/mol. The number of hydrogen-bond donors (Lipinski definition) is 2. The molecule has 4 heterocycles. The Bertz CT molecular complexity index is 1540. The molecule has 1 aliphatic heterocycles. The third-order valence-corrected chi connectivity index (χ3v) is 6.72. The molecule has 0 saturated carbocycles. The molecule has 3 aromatic heterocycles. The first-order valence-corrected chi connectivity index (χ1v) is 12.2. The molecular formula is C28H28FN9. The van der Waals surface area contributed by atoms with Gasteiger partial charge in [-0.05, 0) is 35.9 Å². The zero-order valence-electron chi connectivity index (χ0n) is 21.0. The highest BCUT2D eigenvalue weighted by atomic mass is 19.1. The normalized spacial score (nSPS) is 14.9. The number of aliphatic imine (C=N–C) groups is 1. The van der Waals surface area contributed by atoms with Crippen molar-refractivity contribution in [2.45, 2.75) is 6.54 Å². The summed E-state index contributed by atoms with van der Waals surface area (Å²) in [6, 6.07) is 14.8. The van der Waals surface area contributed by atoms with Gasteiger partial charge in [0.2, 0.25) is 0 Å². The molecule has 9 nitrogen and oxygen atoms in total. The Balaban J connectivity index is 1.39. The summed E-state index contributed by atoms with van der Waals surface area (Å²) in [5.41, 5.74) is 17.0. The molecule has 1 fully saturated rings. The van der Waals surface area contributed by atoms with Crippen LogP contribution in [0.5, 0.6) is 0 Å². The fourth-order valence-electron chi connectivity index (χ4n) is 4.75. The maximum atomic E-state index is 13.2. The van der Waals surface area contributed by atoms with Crippen LogP contribution in [0.25, 0.3) is 22.2 Å². The molecule has 192 valence electrons. The summed E-state index contributed by atoms with van der Waals surface area (Å²) in [5.74, 6) is 0.833. The van der Waals surface area contributed by atoms with E-state index in [0.29, 0.717) is 16.7 Å². The van der Waals surface area contributed by atoms with Crippen molar-refractivity contribution in [3.8, 4) is 17.2 Å². The Morgan fingerprint density at radius 1 is 1.16 bits per heavy atom. The molecule has 38 heavy (non-hydrogen) atoms. The number of pyridine rings is 2. The number of rotatable bonds is 6. The summed E-state index contributed by atoms with van der Waals surface area (Å²) in [4.78, 5) is 13.4. The quantitative estimate of drug-likeness (QED) is 0.382. The maximum Gasteiger partial charge on any atom is 0.164 e. The first kappa shape index (κ1) is 24.9. The lowest BCUT2D eigenvalue weighted by Crippen LogP contribution is -2.46. The van der Waals surface area contributed by atoms with Crippen LogP contribution in [0, 0.1) is 17.1 Å². The van der Waals surface area contributed by atoms with Gasteiger partial charge in [-0.15, -0.1) is 5.10 Å². The third-order valence-electron chi connectivity index (χ3n) is 6.72. The van der Waals surface area contributed by atoms with Gasteiger partial charge in [0.15, 0.2) is 5.82 Å². The zero-order chi connectivity index (χ0) is 26.6. The lowest BCUT2D eigenvalue weighted by molar-refractivity contribution is 0.249. The molecule has 1 aromatic carbocycles. The SMILES string of the molecule is CN=CC(=CN)c1cc(-c2ccc(N3CCN(Cc4ccc(F)cc4)CC3)nc2)c2c(C#N)c(N)nn2c1. The van der Waals surface area contributed by atoms with Gasteiger partial charge in [0, 0.05) is 86.8 Å². The number of halogens is 1. The Kier molecular flexibility index (Phi) is 7.02.